The number of rotatable bonds is 3. The zero-order chi connectivity index (χ0) is 19.4. The van der Waals surface area contributed by atoms with Crippen LogP contribution in [0.3, 0.4) is 0 Å². The summed E-state index contributed by atoms with van der Waals surface area (Å²) in [6.07, 6.45) is 6.69. The molecule has 3 aliphatic rings. The van der Waals surface area contributed by atoms with Crippen LogP contribution >= 0.6 is 0 Å². The smallest absolute Gasteiger partial charge is 0.380 e. The molecule has 1 aromatic rings. The first-order valence-electron chi connectivity index (χ1n) is 9.41. The van der Waals surface area contributed by atoms with Gasteiger partial charge in [0.1, 0.15) is 0 Å². The fourth-order valence-electron chi connectivity index (χ4n) is 5.86. The first-order valence-corrected chi connectivity index (χ1v) is 10.9. The summed E-state index contributed by atoms with van der Waals surface area (Å²) in [4.78, 5) is 0. The summed E-state index contributed by atoms with van der Waals surface area (Å²) in [5.41, 5.74) is 2.72. The molecule has 2 saturated carbocycles. The van der Waals surface area contributed by atoms with E-state index in [2.05, 4.69) is 12.1 Å². The Morgan fingerprint density at radius 1 is 1.26 bits per heavy atom. The number of benzene rings is 1. The molecule has 3 aliphatic carbocycles. The first-order chi connectivity index (χ1) is 12.8. The zero-order valence-corrected chi connectivity index (χ0v) is 16.5. The average Bonchev–Trinajstić information content (AvgIpc) is 3.01. The molecule has 148 valence electrons. The summed E-state index contributed by atoms with van der Waals surface area (Å²) in [6, 6.07) is 3.40. The minimum Gasteiger partial charge on any atom is -0.493 e. The van der Waals surface area contributed by atoms with Gasteiger partial charge in [-0.05, 0) is 73.0 Å². The summed E-state index contributed by atoms with van der Waals surface area (Å²) in [5, 5.41) is 18.2. The molecule has 0 aliphatic heterocycles. The molecule has 0 saturated heterocycles. The van der Waals surface area contributed by atoms with Crippen LogP contribution in [0.4, 0.5) is 0 Å². The van der Waals surface area contributed by atoms with E-state index in [1.54, 1.807) is 6.07 Å². The van der Waals surface area contributed by atoms with Crippen LogP contribution in [0.15, 0.2) is 17.3 Å². The van der Waals surface area contributed by atoms with Gasteiger partial charge in [0.05, 0.1) is 12.8 Å². The van der Waals surface area contributed by atoms with Crippen molar-refractivity contribution in [2.75, 3.05) is 7.11 Å². The molecule has 0 heterocycles. The van der Waals surface area contributed by atoms with Crippen molar-refractivity contribution in [3.63, 3.8) is 0 Å². The van der Waals surface area contributed by atoms with Gasteiger partial charge in [-0.3, -0.25) is 0 Å². The quantitative estimate of drug-likeness (QED) is 0.604. The van der Waals surface area contributed by atoms with E-state index in [-0.39, 0.29) is 5.75 Å². The molecular weight excluding hydrogens is 368 g/mol. The summed E-state index contributed by atoms with van der Waals surface area (Å²) in [6.45, 7) is 2.40. The molecule has 3 N–H and O–H groups in total. The Morgan fingerprint density at radius 3 is 2.70 bits per heavy atom. The Bertz CT molecular complexity index is 898. The van der Waals surface area contributed by atoms with Crippen molar-refractivity contribution in [3.8, 4) is 11.5 Å². The van der Waals surface area contributed by atoms with E-state index < -0.39 is 10.3 Å². The molecule has 0 bridgehead atoms. The lowest BCUT2D eigenvalue weighted by atomic mass is 9.55. The number of nitrogens with zero attached hydrogens (tertiary/aromatic N) is 1. The molecule has 7 nitrogen and oxygen atoms in total. The van der Waals surface area contributed by atoms with E-state index in [4.69, 9.17) is 14.1 Å². The summed E-state index contributed by atoms with van der Waals surface area (Å²) in [7, 11) is -2.72. The van der Waals surface area contributed by atoms with Gasteiger partial charge in [-0.15, -0.1) is 0 Å². The first kappa shape index (κ1) is 18.6. The van der Waals surface area contributed by atoms with Gasteiger partial charge in [-0.1, -0.05) is 18.5 Å². The Morgan fingerprint density at radius 2 is 2.04 bits per heavy atom. The van der Waals surface area contributed by atoms with Crippen molar-refractivity contribution in [2.24, 2.45) is 27.5 Å². The molecule has 4 atom stereocenters. The SMILES string of the molecule is COc1cc2c(cc1OS(N)(=O)=O)C(=NO)C[C@@H]1[C@@H]2CC[C@]2(C)CCC[C@@H]12. The maximum atomic E-state index is 11.4. The van der Waals surface area contributed by atoms with Crippen molar-refractivity contribution in [2.45, 2.75) is 51.4 Å². The van der Waals surface area contributed by atoms with Gasteiger partial charge in [0.2, 0.25) is 0 Å². The second-order valence-electron chi connectivity index (χ2n) is 8.38. The lowest BCUT2D eigenvalue weighted by Crippen LogP contribution is -2.41. The van der Waals surface area contributed by atoms with Gasteiger partial charge >= 0.3 is 10.3 Å². The minimum absolute atomic E-state index is 0.0138. The highest BCUT2D eigenvalue weighted by Gasteiger charge is 2.51. The predicted molar refractivity (Wildman–Crippen MR) is 101 cm³/mol. The highest BCUT2D eigenvalue weighted by molar-refractivity contribution is 7.84. The van der Waals surface area contributed by atoms with Crippen LogP contribution < -0.4 is 14.1 Å². The molecule has 4 rings (SSSR count). The maximum Gasteiger partial charge on any atom is 0.380 e. The van der Waals surface area contributed by atoms with E-state index in [0.717, 1.165) is 17.5 Å². The molecule has 0 amide bonds. The van der Waals surface area contributed by atoms with Crippen LogP contribution in [-0.4, -0.2) is 26.4 Å². The van der Waals surface area contributed by atoms with Crippen molar-refractivity contribution >= 4 is 16.0 Å². The zero-order valence-electron chi connectivity index (χ0n) is 15.6. The third-order valence-corrected chi connectivity index (χ3v) is 7.43. The Kier molecular flexibility index (Phi) is 4.38. The maximum absolute atomic E-state index is 11.4. The van der Waals surface area contributed by atoms with Crippen molar-refractivity contribution in [1.29, 1.82) is 0 Å². The van der Waals surface area contributed by atoms with Crippen LogP contribution in [0.25, 0.3) is 0 Å². The number of oxime groups is 1. The number of hydrogen-bond donors (Lipinski definition) is 2. The summed E-state index contributed by atoms with van der Waals surface area (Å²) >= 11 is 0. The Balaban J connectivity index is 1.81. The second kappa shape index (κ2) is 6.38. The molecule has 27 heavy (non-hydrogen) atoms. The molecule has 0 radical (unpaired) electrons. The van der Waals surface area contributed by atoms with Crippen LogP contribution in [0, 0.1) is 17.3 Å². The molecule has 0 spiro atoms. The lowest BCUT2D eigenvalue weighted by molar-refractivity contribution is 0.0712. The van der Waals surface area contributed by atoms with E-state index in [1.807, 2.05) is 6.07 Å². The summed E-state index contributed by atoms with van der Waals surface area (Å²) < 4.78 is 33.1. The lowest BCUT2D eigenvalue weighted by Gasteiger charge is -2.49. The van der Waals surface area contributed by atoms with E-state index in [0.29, 0.717) is 41.1 Å². The second-order valence-corrected chi connectivity index (χ2v) is 9.53. The van der Waals surface area contributed by atoms with E-state index in [1.165, 1.54) is 32.8 Å². The topological polar surface area (TPSA) is 111 Å². The molecule has 0 aromatic heterocycles. The Labute approximate surface area is 159 Å². The van der Waals surface area contributed by atoms with Gasteiger partial charge in [-0.25, -0.2) is 0 Å². The molecule has 8 heteroatoms. The van der Waals surface area contributed by atoms with Crippen molar-refractivity contribution < 1.29 is 22.5 Å². The largest absolute Gasteiger partial charge is 0.493 e. The number of nitrogens with two attached hydrogens (primary N) is 1. The van der Waals surface area contributed by atoms with Crippen LogP contribution in [0.5, 0.6) is 11.5 Å². The standard InChI is InChI=1S/C19H26N2O5S/c1-19-6-3-4-15(19)13-8-16(21-22)14-10-18(26-27(20,23)24)17(25-2)9-12(14)11(13)5-7-19/h9-11,13,15,22H,3-8H2,1-2H3,(H2,20,23,24)/t11-,13-,15+,19+/m1/s1. The van der Waals surface area contributed by atoms with Gasteiger partial charge in [0.15, 0.2) is 11.5 Å². The minimum atomic E-state index is -4.19. The van der Waals surface area contributed by atoms with Crippen molar-refractivity contribution in [3.05, 3.63) is 23.3 Å². The summed E-state index contributed by atoms with van der Waals surface area (Å²) in [5.74, 6) is 1.73. The number of fused-ring (bicyclic) bond motifs is 5. The monoisotopic (exact) mass is 394 g/mol. The van der Waals surface area contributed by atoms with E-state index >= 15 is 0 Å². The molecule has 1 aromatic carbocycles. The third-order valence-electron chi connectivity index (χ3n) is 7.02. The predicted octanol–water partition coefficient (Wildman–Crippen LogP) is 3.16. The van der Waals surface area contributed by atoms with Crippen LogP contribution in [0.2, 0.25) is 0 Å². The van der Waals surface area contributed by atoms with Gasteiger partial charge in [0, 0.05) is 5.56 Å². The number of hydrogen-bond acceptors (Lipinski definition) is 6. The molecule has 0 unspecified atom stereocenters. The Hall–Kier alpha value is -1.80. The fraction of sp³-hybridized carbons (Fsp3) is 0.632. The highest BCUT2D eigenvalue weighted by atomic mass is 32.2. The number of methoxy groups -OCH3 is 1. The normalized spacial score (nSPS) is 33.9. The third kappa shape index (κ3) is 3.08. The molecule has 2 fully saturated rings. The van der Waals surface area contributed by atoms with Crippen LogP contribution in [0.1, 0.15) is 62.5 Å². The van der Waals surface area contributed by atoms with E-state index in [9.17, 15) is 13.6 Å². The van der Waals surface area contributed by atoms with Crippen LogP contribution in [-0.2, 0) is 10.3 Å². The van der Waals surface area contributed by atoms with Gasteiger partial charge in [-0.2, -0.15) is 13.6 Å². The van der Waals surface area contributed by atoms with Gasteiger partial charge < -0.3 is 14.1 Å². The molecular formula is C19H26N2O5S. The highest BCUT2D eigenvalue weighted by Crippen LogP contribution is 2.61. The average molecular weight is 394 g/mol. The van der Waals surface area contributed by atoms with Crippen molar-refractivity contribution in [1.82, 2.24) is 0 Å². The van der Waals surface area contributed by atoms with Gasteiger partial charge in [0.25, 0.3) is 0 Å². The fourth-order valence-corrected chi connectivity index (χ4v) is 6.24. The number of ether oxygens (including phenoxy) is 1.